The van der Waals surface area contributed by atoms with Gasteiger partial charge in [-0.3, -0.25) is 37.3 Å². The molecule has 5 atom stereocenters. The van der Waals surface area contributed by atoms with E-state index in [1.807, 2.05) is 0 Å². The molecule has 0 spiro atoms. The molecule has 3 N–H and O–H groups in total. The van der Waals surface area contributed by atoms with Crippen molar-refractivity contribution in [2.24, 2.45) is 11.8 Å². The van der Waals surface area contributed by atoms with Crippen LogP contribution in [0.3, 0.4) is 0 Å². The quantitative estimate of drug-likeness (QED) is 0.0169. The van der Waals surface area contributed by atoms with Crippen molar-refractivity contribution in [3.8, 4) is 0 Å². The first-order valence-electron chi connectivity index (χ1n) is 37.3. The smallest absolute Gasteiger partial charge is 0.462 e. The number of carbonyl (C=O) groups is 4. The topological polar surface area (TPSA) is 237 Å². The summed E-state index contributed by atoms with van der Waals surface area (Å²) < 4.78 is 68.3. The summed E-state index contributed by atoms with van der Waals surface area (Å²) in [7, 11) is -9.91. The van der Waals surface area contributed by atoms with Crippen LogP contribution in [0.4, 0.5) is 0 Å². The lowest BCUT2D eigenvalue weighted by Crippen LogP contribution is -2.30. The van der Waals surface area contributed by atoms with Gasteiger partial charge >= 0.3 is 39.5 Å². The van der Waals surface area contributed by atoms with E-state index in [1.54, 1.807) is 0 Å². The van der Waals surface area contributed by atoms with Gasteiger partial charge in [0.1, 0.15) is 19.3 Å². The van der Waals surface area contributed by atoms with Gasteiger partial charge in [-0.2, -0.15) is 0 Å². The van der Waals surface area contributed by atoms with Crippen molar-refractivity contribution in [3.63, 3.8) is 0 Å². The van der Waals surface area contributed by atoms with Crippen LogP contribution >= 0.6 is 15.6 Å². The molecule has 0 saturated carbocycles. The van der Waals surface area contributed by atoms with Crippen LogP contribution in [0.1, 0.15) is 350 Å². The standard InChI is InChI=1S/C73H138O17P2/c1-7-9-11-13-15-17-19-21-23-24-25-27-29-31-33-37-45-51-57-72(77)89-68(61-83-70(75)55-49-43-36-32-30-28-26-22-20-18-16-14-12-10-8-2)63-87-91(79,80)85-59-67(74)60-86-92(81,82)88-64-69(62-84-71(76)56-50-44-40-39-42-48-54-66(5)6)90-73(78)58-52-46-38-34-35-41-47-53-65(3)4/h18,20,22,26,65-69,74H,7-17,19,21,23-25,27-64H2,1-6H3,(H,79,80)(H,81,82)/b20-18-,26-22-/t67-,68-,69-/m1/s1. The van der Waals surface area contributed by atoms with Gasteiger partial charge in [-0.25, -0.2) is 9.13 Å². The summed E-state index contributed by atoms with van der Waals surface area (Å²) in [6.07, 6.45) is 53.9. The summed E-state index contributed by atoms with van der Waals surface area (Å²) in [5, 5.41) is 10.6. The van der Waals surface area contributed by atoms with Gasteiger partial charge < -0.3 is 33.8 Å². The molecule has 92 heavy (non-hydrogen) atoms. The maximum absolute atomic E-state index is 13.0. The Morgan fingerprint density at radius 3 is 0.891 bits per heavy atom. The predicted molar refractivity (Wildman–Crippen MR) is 372 cm³/mol. The van der Waals surface area contributed by atoms with Crippen molar-refractivity contribution < 1.29 is 80.2 Å². The molecule has 2 unspecified atom stereocenters. The maximum Gasteiger partial charge on any atom is 0.472 e. The van der Waals surface area contributed by atoms with Gasteiger partial charge in [-0.05, 0) is 63.2 Å². The number of esters is 4. The first-order chi connectivity index (χ1) is 44.4. The number of carbonyl (C=O) groups excluding carboxylic acids is 4. The van der Waals surface area contributed by atoms with Gasteiger partial charge in [0, 0.05) is 25.7 Å². The largest absolute Gasteiger partial charge is 0.472 e. The number of phosphoric acid groups is 2. The van der Waals surface area contributed by atoms with Gasteiger partial charge in [0.15, 0.2) is 12.2 Å². The number of hydrogen-bond acceptors (Lipinski definition) is 15. The Kier molecular flexibility index (Phi) is 62.8. The molecule has 0 fully saturated rings. The highest BCUT2D eigenvalue weighted by Crippen LogP contribution is 2.45. The second-order valence-corrected chi connectivity index (χ2v) is 29.5. The number of allylic oxidation sites excluding steroid dienone is 4. The lowest BCUT2D eigenvalue weighted by Gasteiger charge is -2.21. The molecule has 0 aliphatic heterocycles. The zero-order chi connectivity index (χ0) is 67.9. The van der Waals surface area contributed by atoms with Crippen LogP contribution in [-0.4, -0.2) is 96.7 Å². The van der Waals surface area contributed by atoms with Crippen LogP contribution in [-0.2, 0) is 65.4 Å². The molecular formula is C73H138O17P2. The summed E-state index contributed by atoms with van der Waals surface area (Å²) in [5.74, 6) is -0.784. The van der Waals surface area contributed by atoms with Gasteiger partial charge in [-0.15, -0.1) is 0 Å². The summed E-state index contributed by atoms with van der Waals surface area (Å²) in [5.41, 5.74) is 0. The van der Waals surface area contributed by atoms with E-state index in [1.165, 1.54) is 141 Å². The highest BCUT2D eigenvalue weighted by Gasteiger charge is 2.30. The number of unbranched alkanes of at least 4 members (excludes halogenated alkanes) is 37. The molecular weight excluding hydrogens is 1210 g/mol. The van der Waals surface area contributed by atoms with Crippen LogP contribution in [0, 0.1) is 11.8 Å². The van der Waals surface area contributed by atoms with E-state index in [0.717, 1.165) is 116 Å². The molecule has 0 aromatic rings. The normalized spacial score (nSPS) is 14.2. The highest BCUT2D eigenvalue weighted by molar-refractivity contribution is 7.47. The SMILES string of the molecule is CCCCCC/C=C\C=C/CCCCCCCC(=O)OC[C@H](COP(=O)(O)OC[C@@H](O)COP(=O)(O)OC[C@@H](COC(=O)CCCCCCCCC(C)C)OC(=O)CCCCCCCCCC(C)C)OC(=O)CCCCCCCCCCCCCCCCCCCC. The molecule has 0 bridgehead atoms. The number of ether oxygens (including phenoxy) is 4. The Morgan fingerprint density at radius 1 is 0.337 bits per heavy atom. The zero-order valence-electron chi connectivity index (χ0n) is 59.3. The molecule has 0 rings (SSSR count). The Hall–Kier alpha value is -2.46. The molecule has 0 saturated heterocycles. The van der Waals surface area contributed by atoms with E-state index in [2.05, 4.69) is 65.8 Å². The monoisotopic (exact) mass is 1350 g/mol. The van der Waals surface area contributed by atoms with Crippen molar-refractivity contribution in [1.82, 2.24) is 0 Å². The number of phosphoric ester groups is 2. The lowest BCUT2D eigenvalue weighted by molar-refractivity contribution is -0.161. The molecule has 0 aromatic carbocycles. The fourth-order valence-electron chi connectivity index (χ4n) is 10.6. The van der Waals surface area contributed by atoms with E-state index in [-0.39, 0.29) is 25.7 Å². The van der Waals surface area contributed by atoms with Crippen LogP contribution in [0.2, 0.25) is 0 Å². The molecule has 0 heterocycles. The highest BCUT2D eigenvalue weighted by atomic mass is 31.2. The van der Waals surface area contributed by atoms with Gasteiger partial charge in [-0.1, -0.05) is 297 Å². The summed E-state index contributed by atoms with van der Waals surface area (Å²) in [6.45, 7) is 9.35. The number of aliphatic hydroxyl groups excluding tert-OH is 1. The molecule has 0 radical (unpaired) electrons. The maximum atomic E-state index is 13.0. The van der Waals surface area contributed by atoms with E-state index in [9.17, 15) is 43.2 Å². The number of hydrogen-bond donors (Lipinski definition) is 3. The second-order valence-electron chi connectivity index (χ2n) is 26.6. The van der Waals surface area contributed by atoms with Gasteiger partial charge in [0.2, 0.25) is 0 Å². The summed E-state index contributed by atoms with van der Waals surface area (Å²) in [6, 6.07) is 0. The second kappa shape index (κ2) is 64.5. The molecule has 542 valence electrons. The van der Waals surface area contributed by atoms with Crippen molar-refractivity contribution in [1.29, 1.82) is 0 Å². The summed E-state index contributed by atoms with van der Waals surface area (Å²) >= 11 is 0. The van der Waals surface area contributed by atoms with Crippen LogP contribution in [0.15, 0.2) is 24.3 Å². The first kappa shape index (κ1) is 89.5. The van der Waals surface area contributed by atoms with Crippen LogP contribution in [0.5, 0.6) is 0 Å². The van der Waals surface area contributed by atoms with E-state index < -0.39 is 97.5 Å². The third kappa shape index (κ3) is 66.2. The minimum Gasteiger partial charge on any atom is -0.462 e. The number of aliphatic hydroxyl groups is 1. The Balaban J connectivity index is 5.25. The van der Waals surface area contributed by atoms with Gasteiger partial charge in [0.25, 0.3) is 0 Å². The minimum absolute atomic E-state index is 0.100. The Labute approximate surface area is 561 Å². The van der Waals surface area contributed by atoms with E-state index in [4.69, 9.17) is 37.0 Å². The molecule has 19 heteroatoms. The van der Waals surface area contributed by atoms with E-state index in [0.29, 0.717) is 37.5 Å². The van der Waals surface area contributed by atoms with E-state index >= 15 is 0 Å². The fraction of sp³-hybridized carbons (Fsp3) is 0.890. The Bertz CT molecular complexity index is 1880. The summed E-state index contributed by atoms with van der Waals surface area (Å²) in [4.78, 5) is 72.6. The molecule has 17 nitrogen and oxygen atoms in total. The third-order valence-electron chi connectivity index (χ3n) is 16.3. The molecule has 0 aromatic heterocycles. The molecule has 0 aliphatic rings. The first-order valence-corrected chi connectivity index (χ1v) is 40.3. The van der Waals surface area contributed by atoms with Crippen molar-refractivity contribution >= 4 is 39.5 Å². The average molecular weight is 1350 g/mol. The minimum atomic E-state index is -4.96. The number of rotatable bonds is 70. The predicted octanol–water partition coefficient (Wildman–Crippen LogP) is 20.7. The third-order valence-corrected chi connectivity index (χ3v) is 18.2. The van der Waals surface area contributed by atoms with Crippen molar-refractivity contribution in [2.75, 3.05) is 39.6 Å². The Morgan fingerprint density at radius 2 is 0.587 bits per heavy atom. The van der Waals surface area contributed by atoms with Crippen molar-refractivity contribution in [2.45, 2.75) is 368 Å². The average Bonchev–Trinajstić information content (AvgIpc) is 1.87. The lowest BCUT2D eigenvalue weighted by atomic mass is 10.0. The van der Waals surface area contributed by atoms with Crippen molar-refractivity contribution in [3.05, 3.63) is 24.3 Å². The van der Waals surface area contributed by atoms with Crippen LogP contribution < -0.4 is 0 Å². The van der Waals surface area contributed by atoms with Gasteiger partial charge in [0.05, 0.1) is 26.4 Å². The molecule has 0 aliphatic carbocycles. The molecule has 0 amide bonds. The fourth-order valence-corrected chi connectivity index (χ4v) is 12.2. The van der Waals surface area contributed by atoms with Crippen LogP contribution in [0.25, 0.3) is 0 Å². The zero-order valence-corrected chi connectivity index (χ0v) is 61.1.